The van der Waals surface area contributed by atoms with Gasteiger partial charge in [-0.15, -0.1) is 0 Å². The first kappa shape index (κ1) is 15.0. The summed E-state index contributed by atoms with van der Waals surface area (Å²) in [5.41, 5.74) is 1.02. The summed E-state index contributed by atoms with van der Waals surface area (Å²) in [6.07, 6.45) is 4.18. The third kappa shape index (κ3) is 4.60. The van der Waals surface area contributed by atoms with Gasteiger partial charge < -0.3 is 10.2 Å². The van der Waals surface area contributed by atoms with Gasteiger partial charge in [-0.2, -0.15) is 5.26 Å². The van der Waals surface area contributed by atoms with E-state index in [1.165, 1.54) is 0 Å². The number of rotatable bonds is 3. The van der Waals surface area contributed by atoms with Gasteiger partial charge in [0, 0.05) is 18.8 Å². The van der Waals surface area contributed by atoms with Crippen molar-refractivity contribution in [3.8, 4) is 6.07 Å². The van der Waals surface area contributed by atoms with E-state index in [-0.39, 0.29) is 18.2 Å². The Morgan fingerprint density at radius 2 is 1.90 bits per heavy atom. The molecule has 0 spiro atoms. The number of nitrogens with zero attached hydrogens (tertiary/aromatic N) is 2. The van der Waals surface area contributed by atoms with Crippen molar-refractivity contribution in [3.05, 3.63) is 29.8 Å². The highest BCUT2D eigenvalue weighted by Crippen LogP contribution is 2.12. The molecule has 1 fully saturated rings. The number of hydrogen-bond donors (Lipinski definition) is 1. The molecule has 21 heavy (non-hydrogen) atoms. The first-order valence-corrected chi connectivity index (χ1v) is 7.27. The standard InChI is InChI=1S/C16H19N3O2/c17-12-13-6-5-7-14(10-13)18-15(20)11-16(21)19-8-3-1-2-4-9-19/h5-7,10H,1-4,8-9,11H2,(H,18,20). The number of benzene rings is 1. The zero-order chi connectivity index (χ0) is 15.1. The first-order valence-electron chi connectivity index (χ1n) is 7.27. The van der Waals surface area contributed by atoms with Crippen molar-refractivity contribution in [1.29, 1.82) is 5.26 Å². The van der Waals surface area contributed by atoms with Crippen LogP contribution in [0, 0.1) is 11.3 Å². The predicted octanol–water partition coefficient (Wildman–Crippen LogP) is 2.29. The number of nitrogens with one attached hydrogen (secondary N) is 1. The fourth-order valence-electron chi connectivity index (χ4n) is 2.44. The molecule has 2 rings (SSSR count). The molecule has 2 amide bonds. The van der Waals surface area contributed by atoms with Crippen LogP contribution in [0.4, 0.5) is 5.69 Å². The second-order valence-electron chi connectivity index (χ2n) is 5.21. The Hall–Kier alpha value is -2.35. The number of amides is 2. The number of carbonyl (C=O) groups is 2. The van der Waals surface area contributed by atoms with Gasteiger partial charge in [-0.1, -0.05) is 18.9 Å². The van der Waals surface area contributed by atoms with Crippen LogP contribution in [0.2, 0.25) is 0 Å². The average molecular weight is 285 g/mol. The molecule has 1 N–H and O–H groups in total. The van der Waals surface area contributed by atoms with Crippen molar-refractivity contribution in [3.63, 3.8) is 0 Å². The van der Waals surface area contributed by atoms with E-state index in [1.807, 2.05) is 6.07 Å². The summed E-state index contributed by atoms with van der Waals surface area (Å²) in [5.74, 6) is -0.454. The van der Waals surface area contributed by atoms with Gasteiger partial charge in [0.15, 0.2) is 0 Å². The smallest absolute Gasteiger partial charge is 0.233 e. The van der Waals surface area contributed by atoms with Crippen molar-refractivity contribution in [2.24, 2.45) is 0 Å². The number of nitriles is 1. The van der Waals surface area contributed by atoms with Crippen LogP contribution in [0.25, 0.3) is 0 Å². The normalized spacial score (nSPS) is 14.9. The fourth-order valence-corrected chi connectivity index (χ4v) is 2.44. The summed E-state index contributed by atoms with van der Waals surface area (Å²) >= 11 is 0. The lowest BCUT2D eigenvalue weighted by Gasteiger charge is -2.19. The predicted molar refractivity (Wildman–Crippen MR) is 79.5 cm³/mol. The molecule has 5 heteroatoms. The maximum Gasteiger partial charge on any atom is 0.233 e. The Bertz CT molecular complexity index is 555. The van der Waals surface area contributed by atoms with Crippen molar-refractivity contribution in [2.75, 3.05) is 18.4 Å². The maximum atomic E-state index is 12.1. The van der Waals surface area contributed by atoms with Crippen LogP contribution in [0.3, 0.4) is 0 Å². The van der Waals surface area contributed by atoms with E-state index in [9.17, 15) is 9.59 Å². The van der Waals surface area contributed by atoms with E-state index < -0.39 is 0 Å². The van der Waals surface area contributed by atoms with Crippen LogP contribution >= 0.6 is 0 Å². The van der Waals surface area contributed by atoms with E-state index in [0.29, 0.717) is 11.3 Å². The minimum atomic E-state index is -0.334. The van der Waals surface area contributed by atoms with Crippen LogP contribution in [0.5, 0.6) is 0 Å². The molecule has 0 aromatic heterocycles. The molecule has 0 bridgehead atoms. The van der Waals surface area contributed by atoms with Crippen molar-refractivity contribution in [2.45, 2.75) is 32.1 Å². The molecule has 0 atom stereocenters. The molecule has 0 unspecified atom stereocenters. The monoisotopic (exact) mass is 285 g/mol. The Morgan fingerprint density at radius 1 is 1.19 bits per heavy atom. The summed E-state index contributed by atoms with van der Waals surface area (Å²) in [6.45, 7) is 1.49. The SMILES string of the molecule is N#Cc1cccc(NC(=O)CC(=O)N2CCCCCC2)c1. The second kappa shape index (κ2) is 7.44. The van der Waals surface area contributed by atoms with Crippen molar-refractivity contribution >= 4 is 17.5 Å². The number of hydrogen-bond acceptors (Lipinski definition) is 3. The van der Waals surface area contributed by atoms with Crippen LogP contribution < -0.4 is 5.32 Å². The van der Waals surface area contributed by atoms with Gasteiger partial charge in [-0.25, -0.2) is 0 Å². The van der Waals surface area contributed by atoms with E-state index in [1.54, 1.807) is 29.2 Å². The van der Waals surface area contributed by atoms with Gasteiger partial charge in [0.1, 0.15) is 6.42 Å². The highest BCUT2D eigenvalue weighted by Gasteiger charge is 2.18. The average Bonchev–Trinajstić information content (AvgIpc) is 2.76. The molecule has 5 nitrogen and oxygen atoms in total. The number of carbonyl (C=O) groups excluding carboxylic acids is 2. The molecule has 1 heterocycles. The van der Waals surface area contributed by atoms with E-state index in [2.05, 4.69) is 5.32 Å². The Morgan fingerprint density at radius 3 is 2.57 bits per heavy atom. The molecule has 1 aliphatic rings. The lowest BCUT2D eigenvalue weighted by Crippen LogP contribution is -2.34. The van der Waals surface area contributed by atoms with Crippen LogP contribution in [-0.4, -0.2) is 29.8 Å². The van der Waals surface area contributed by atoms with E-state index in [0.717, 1.165) is 38.8 Å². The molecule has 1 aliphatic heterocycles. The molecule has 110 valence electrons. The molecule has 0 aliphatic carbocycles. The van der Waals surface area contributed by atoms with E-state index >= 15 is 0 Å². The van der Waals surface area contributed by atoms with Crippen LogP contribution in [0.1, 0.15) is 37.7 Å². The quantitative estimate of drug-likeness (QED) is 0.866. The highest BCUT2D eigenvalue weighted by molar-refractivity contribution is 6.03. The summed E-state index contributed by atoms with van der Waals surface area (Å²) in [7, 11) is 0. The molecular weight excluding hydrogens is 266 g/mol. The Labute approximate surface area is 124 Å². The van der Waals surface area contributed by atoms with Gasteiger partial charge in [0.2, 0.25) is 11.8 Å². The Kier molecular flexibility index (Phi) is 5.33. The molecule has 1 aromatic rings. The summed E-state index contributed by atoms with van der Waals surface area (Å²) in [4.78, 5) is 25.8. The summed E-state index contributed by atoms with van der Waals surface area (Å²) in [6, 6.07) is 8.67. The highest BCUT2D eigenvalue weighted by atomic mass is 16.2. The van der Waals surface area contributed by atoms with Gasteiger partial charge >= 0.3 is 0 Å². The summed E-state index contributed by atoms with van der Waals surface area (Å²) < 4.78 is 0. The molecular formula is C16H19N3O2. The largest absolute Gasteiger partial charge is 0.342 e. The van der Waals surface area contributed by atoms with Gasteiger partial charge in [0.25, 0.3) is 0 Å². The zero-order valence-corrected chi connectivity index (χ0v) is 12.0. The molecule has 0 radical (unpaired) electrons. The van der Waals surface area contributed by atoms with Gasteiger partial charge in [-0.3, -0.25) is 9.59 Å². The van der Waals surface area contributed by atoms with Crippen LogP contribution in [0.15, 0.2) is 24.3 Å². The molecule has 1 aromatic carbocycles. The first-order chi connectivity index (χ1) is 10.2. The second-order valence-corrected chi connectivity index (χ2v) is 5.21. The van der Waals surface area contributed by atoms with Crippen molar-refractivity contribution < 1.29 is 9.59 Å². The minimum absolute atomic E-state index is 0.120. The van der Waals surface area contributed by atoms with Gasteiger partial charge in [-0.05, 0) is 31.0 Å². The molecule has 1 saturated heterocycles. The minimum Gasteiger partial charge on any atom is -0.342 e. The number of anilines is 1. The van der Waals surface area contributed by atoms with E-state index in [4.69, 9.17) is 5.26 Å². The fraction of sp³-hybridized carbons (Fsp3) is 0.438. The topological polar surface area (TPSA) is 73.2 Å². The Balaban J connectivity index is 1.88. The number of likely N-dealkylation sites (tertiary alicyclic amines) is 1. The summed E-state index contributed by atoms with van der Waals surface area (Å²) in [5, 5.41) is 11.5. The van der Waals surface area contributed by atoms with Crippen LogP contribution in [-0.2, 0) is 9.59 Å². The maximum absolute atomic E-state index is 12.1. The lowest BCUT2D eigenvalue weighted by atomic mass is 10.2. The lowest BCUT2D eigenvalue weighted by molar-refractivity contribution is -0.134. The molecule has 0 saturated carbocycles. The third-order valence-electron chi connectivity index (χ3n) is 3.55. The van der Waals surface area contributed by atoms with Crippen molar-refractivity contribution in [1.82, 2.24) is 4.90 Å². The third-order valence-corrected chi connectivity index (χ3v) is 3.55. The zero-order valence-electron chi connectivity index (χ0n) is 12.0. The van der Waals surface area contributed by atoms with Gasteiger partial charge in [0.05, 0.1) is 11.6 Å².